The summed E-state index contributed by atoms with van der Waals surface area (Å²) in [5.74, 6) is -0.903. The molecule has 23 heavy (non-hydrogen) atoms. The van der Waals surface area contributed by atoms with E-state index in [4.69, 9.17) is 9.47 Å². The van der Waals surface area contributed by atoms with Gasteiger partial charge in [0.25, 0.3) is 5.91 Å². The van der Waals surface area contributed by atoms with Gasteiger partial charge in [-0.25, -0.2) is 4.79 Å². The van der Waals surface area contributed by atoms with E-state index in [0.717, 1.165) is 4.47 Å². The zero-order valence-corrected chi connectivity index (χ0v) is 14.3. The maximum Gasteiger partial charge on any atom is 0.344 e. The molecule has 0 aliphatic carbocycles. The van der Waals surface area contributed by atoms with Crippen molar-refractivity contribution in [2.45, 2.75) is 12.8 Å². The molecule has 0 heterocycles. The summed E-state index contributed by atoms with van der Waals surface area (Å²) in [6, 6.07) is 7.01. The number of hydrogen-bond donors (Lipinski definition) is 1. The summed E-state index contributed by atoms with van der Waals surface area (Å²) in [5, 5.41) is 2.53. The lowest BCUT2D eigenvalue weighted by Gasteiger charge is -2.08. The molecule has 1 aromatic carbocycles. The first kappa shape index (κ1) is 19.0. The number of esters is 2. The molecule has 0 aliphatic rings. The zero-order chi connectivity index (χ0) is 17.1. The van der Waals surface area contributed by atoms with Crippen molar-refractivity contribution < 1.29 is 28.6 Å². The molecule has 0 saturated carbocycles. The van der Waals surface area contributed by atoms with E-state index in [1.807, 2.05) is 6.07 Å². The van der Waals surface area contributed by atoms with Crippen molar-refractivity contribution in [1.82, 2.24) is 5.32 Å². The van der Waals surface area contributed by atoms with Gasteiger partial charge >= 0.3 is 11.9 Å². The van der Waals surface area contributed by atoms with Gasteiger partial charge in [0.1, 0.15) is 5.75 Å². The van der Waals surface area contributed by atoms with Crippen LogP contribution in [0.1, 0.15) is 12.8 Å². The Bertz CT molecular complexity index is 549. The van der Waals surface area contributed by atoms with Crippen molar-refractivity contribution in [3.63, 3.8) is 0 Å². The number of nitrogens with one attached hydrogen (secondary N) is 1. The number of carbonyl (C=O) groups is 3. The monoisotopic (exact) mass is 387 g/mol. The van der Waals surface area contributed by atoms with Crippen molar-refractivity contribution in [2.75, 3.05) is 26.9 Å². The topological polar surface area (TPSA) is 90.9 Å². The maximum atomic E-state index is 11.5. The van der Waals surface area contributed by atoms with Gasteiger partial charge in [-0.3, -0.25) is 9.59 Å². The Morgan fingerprint density at radius 2 is 1.96 bits per heavy atom. The van der Waals surface area contributed by atoms with Crippen molar-refractivity contribution >= 4 is 33.8 Å². The summed E-state index contributed by atoms with van der Waals surface area (Å²) in [7, 11) is 1.30. The second-order valence-corrected chi connectivity index (χ2v) is 5.35. The van der Waals surface area contributed by atoms with E-state index in [1.165, 1.54) is 7.11 Å². The summed E-state index contributed by atoms with van der Waals surface area (Å²) in [6.07, 6.45) is 0.676. The minimum Gasteiger partial charge on any atom is -0.482 e. The number of carbonyl (C=O) groups excluding carboxylic acids is 3. The Balaban J connectivity index is 2.13. The van der Waals surface area contributed by atoms with Gasteiger partial charge in [0.2, 0.25) is 0 Å². The Labute approximate surface area is 142 Å². The Kier molecular flexibility index (Phi) is 8.74. The number of amides is 1. The van der Waals surface area contributed by atoms with E-state index in [0.29, 0.717) is 18.7 Å². The van der Waals surface area contributed by atoms with Crippen molar-refractivity contribution in [3.8, 4) is 5.75 Å². The number of ether oxygens (including phenoxy) is 3. The van der Waals surface area contributed by atoms with Crippen LogP contribution < -0.4 is 10.1 Å². The number of hydrogen-bond acceptors (Lipinski definition) is 6. The lowest BCUT2D eigenvalue weighted by atomic mass is 10.3. The summed E-state index contributed by atoms with van der Waals surface area (Å²) >= 11 is 3.28. The number of halogens is 1. The normalized spacial score (nSPS) is 9.83. The van der Waals surface area contributed by atoms with E-state index in [9.17, 15) is 14.4 Å². The number of methoxy groups -OCH3 is 1. The predicted molar refractivity (Wildman–Crippen MR) is 84.9 cm³/mol. The van der Waals surface area contributed by atoms with Crippen LogP contribution in [0.15, 0.2) is 28.7 Å². The Morgan fingerprint density at radius 1 is 1.17 bits per heavy atom. The quantitative estimate of drug-likeness (QED) is 0.509. The maximum absolute atomic E-state index is 11.5. The molecule has 8 heteroatoms. The second-order valence-electron chi connectivity index (χ2n) is 4.44. The molecule has 0 saturated heterocycles. The first-order valence-corrected chi connectivity index (χ1v) is 7.68. The van der Waals surface area contributed by atoms with E-state index in [1.54, 1.807) is 18.2 Å². The SMILES string of the molecule is COC(=O)CCCNC(=O)COC(=O)COc1cccc(Br)c1. The average molecular weight is 388 g/mol. The van der Waals surface area contributed by atoms with Crippen LogP contribution >= 0.6 is 15.9 Å². The molecule has 1 N–H and O–H groups in total. The first-order chi connectivity index (χ1) is 11.0. The molecule has 126 valence electrons. The molecule has 0 atom stereocenters. The molecule has 0 aromatic heterocycles. The van der Waals surface area contributed by atoms with Crippen molar-refractivity contribution in [3.05, 3.63) is 28.7 Å². The molecule has 0 spiro atoms. The standard InChI is InChI=1S/C15H18BrNO6/c1-21-14(19)6-3-7-17-13(18)9-23-15(20)10-22-12-5-2-4-11(16)8-12/h2,4-5,8H,3,6-7,9-10H2,1H3,(H,17,18). The van der Waals surface area contributed by atoms with Gasteiger partial charge in [0.15, 0.2) is 13.2 Å². The van der Waals surface area contributed by atoms with E-state index in [2.05, 4.69) is 26.0 Å². The van der Waals surface area contributed by atoms with E-state index in [-0.39, 0.29) is 25.6 Å². The highest BCUT2D eigenvalue weighted by Gasteiger charge is 2.08. The highest BCUT2D eigenvalue weighted by Crippen LogP contribution is 2.17. The minimum absolute atomic E-state index is 0.219. The van der Waals surface area contributed by atoms with E-state index < -0.39 is 11.9 Å². The lowest BCUT2D eigenvalue weighted by molar-refractivity contribution is -0.150. The van der Waals surface area contributed by atoms with Gasteiger partial charge in [0, 0.05) is 17.4 Å². The molecule has 1 amide bonds. The fourth-order valence-corrected chi connectivity index (χ4v) is 1.88. The van der Waals surface area contributed by atoms with Gasteiger partial charge in [0.05, 0.1) is 7.11 Å². The molecule has 0 unspecified atom stereocenters. The Morgan fingerprint density at radius 3 is 2.65 bits per heavy atom. The lowest BCUT2D eigenvalue weighted by Crippen LogP contribution is -2.30. The van der Waals surface area contributed by atoms with Crippen molar-refractivity contribution in [2.24, 2.45) is 0 Å². The molecule has 0 aliphatic heterocycles. The highest BCUT2D eigenvalue weighted by atomic mass is 79.9. The van der Waals surface area contributed by atoms with Crippen LogP contribution in [-0.4, -0.2) is 44.7 Å². The fourth-order valence-electron chi connectivity index (χ4n) is 1.50. The van der Waals surface area contributed by atoms with Crippen molar-refractivity contribution in [1.29, 1.82) is 0 Å². The average Bonchev–Trinajstić information content (AvgIpc) is 2.54. The summed E-state index contributed by atoms with van der Waals surface area (Å²) < 4.78 is 15.3. The van der Waals surface area contributed by atoms with Crippen LogP contribution in [0.2, 0.25) is 0 Å². The summed E-state index contributed by atoms with van der Waals surface area (Å²) in [5.41, 5.74) is 0. The number of rotatable bonds is 9. The van der Waals surface area contributed by atoms with Crippen LogP contribution in [0.5, 0.6) is 5.75 Å². The van der Waals surface area contributed by atoms with Gasteiger partial charge in [-0.05, 0) is 24.6 Å². The third-order valence-electron chi connectivity index (χ3n) is 2.62. The van der Waals surface area contributed by atoms with Crippen LogP contribution in [0, 0.1) is 0 Å². The molecule has 0 radical (unpaired) electrons. The van der Waals surface area contributed by atoms with Crippen LogP contribution in [0.25, 0.3) is 0 Å². The summed E-state index contributed by atoms with van der Waals surface area (Å²) in [6.45, 7) is -0.370. The van der Waals surface area contributed by atoms with Crippen LogP contribution in [-0.2, 0) is 23.9 Å². The Hall–Kier alpha value is -2.09. The van der Waals surface area contributed by atoms with Gasteiger partial charge in [-0.1, -0.05) is 22.0 Å². The van der Waals surface area contributed by atoms with Gasteiger partial charge in [-0.2, -0.15) is 0 Å². The van der Waals surface area contributed by atoms with Crippen LogP contribution in [0.3, 0.4) is 0 Å². The minimum atomic E-state index is -0.644. The zero-order valence-electron chi connectivity index (χ0n) is 12.7. The third-order valence-corrected chi connectivity index (χ3v) is 3.12. The molecule has 7 nitrogen and oxygen atoms in total. The fraction of sp³-hybridized carbons (Fsp3) is 0.400. The van der Waals surface area contributed by atoms with E-state index >= 15 is 0 Å². The highest BCUT2D eigenvalue weighted by molar-refractivity contribution is 9.10. The predicted octanol–water partition coefficient (Wildman–Crippen LogP) is 1.44. The van der Waals surface area contributed by atoms with Gasteiger partial charge in [-0.15, -0.1) is 0 Å². The molecule has 1 aromatic rings. The summed E-state index contributed by atoms with van der Waals surface area (Å²) in [4.78, 5) is 33.8. The van der Waals surface area contributed by atoms with Gasteiger partial charge < -0.3 is 19.5 Å². The second kappa shape index (κ2) is 10.6. The van der Waals surface area contributed by atoms with Crippen LogP contribution in [0.4, 0.5) is 0 Å². The number of benzene rings is 1. The first-order valence-electron chi connectivity index (χ1n) is 6.88. The molecule has 0 bridgehead atoms. The molecule has 1 rings (SSSR count). The molecular formula is C15H18BrNO6. The largest absolute Gasteiger partial charge is 0.482 e. The molecule has 0 fully saturated rings. The molecular weight excluding hydrogens is 370 g/mol. The third kappa shape index (κ3) is 8.82. The smallest absolute Gasteiger partial charge is 0.344 e.